The molecule has 4 nitrogen and oxygen atoms in total. The van der Waals surface area contributed by atoms with Crippen molar-refractivity contribution in [2.45, 2.75) is 108 Å². The summed E-state index contributed by atoms with van der Waals surface area (Å²) in [5.41, 5.74) is -1.00. The molecule has 0 aliphatic rings. The van der Waals surface area contributed by atoms with Gasteiger partial charge in [0.05, 0.1) is 11.2 Å². The number of rotatable bonds is 0. The van der Waals surface area contributed by atoms with Crippen LogP contribution in [-0.2, 0) is 43.4 Å². The number of aromatic hydroxyl groups is 2. The Hall–Kier alpha value is -0.611. The Morgan fingerprint density at radius 1 is 0.421 bits per heavy atom. The van der Waals surface area contributed by atoms with E-state index in [1.165, 1.54) is 0 Å². The van der Waals surface area contributed by atoms with Gasteiger partial charge in [-0.25, -0.2) is 0 Å². The smallest absolute Gasteiger partial charge is 0.508 e. The number of hydrogen-bond acceptors (Lipinski definition) is 4. The molecular formula is C32H60O4Ti2. The number of para-hydroxylation sites is 2. The van der Waals surface area contributed by atoms with Gasteiger partial charge in [-0.05, 0) is 65.8 Å². The Morgan fingerprint density at radius 3 is 0.579 bits per heavy atom. The fourth-order valence-electron chi connectivity index (χ4n) is 0.856. The van der Waals surface area contributed by atoms with Gasteiger partial charge in [-0.1, -0.05) is 36.4 Å². The third kappa shape index (κ3) is 177. The van der Waals surface area contributed by atoms with Crippen LogP contribution in [0.4, 0.5) is 0 Å². The van der Waals surface area contributed by atoms with Gasteiger partial charge in [0.25, 0.3) is 0 Å². The minimum Gasteiger partial charge on any atom is -0.508 e. The molecule has 0 aliphatic carbocycles. The average Bonchev–Trinajstić information content (AvgIpc) is 2.70. The summed E-state index contributed by atoms with van der Waals surface area (Å²) in [5.74, 6) is 0.644. The summed E-state index contributed by atoms with van der Waals surface area (Å²) in [6, 6.07) is 17.4. The van der Waals surface area contributed by atoms with E-state index in [1.54, 1.807) is 90.1 Å². The first kappa shape index (κ1) is 57.3. The van der Waals surface area contributed by atoms with Crippen LogP contribution in [0.3, 0.4) is 0 Å². The topological polar surface area (TPSA) is 80.9 Å². The van der Waals surface area contributed by atoms with Gasteiger partial charge in [0.1, 0.15) is 11.5 Å². The summed E-state index contributed by atoms with van der Waals surface area (Å²) < 4.78 is 0. The van der Waals surface area contributed by atoms with E-state index in [4.69, 9.17) is 20.4 Å². The number of phenols is 2. The molecule has 0 atom stereocenters. The molecule has 0 saturated carbocycles. The first-order valence-electron chi connectivity index (χ1n) is 12.3. The van der Waals surface area contributed by atoms with E-state index in [9.17, 15) is 0 Å². The molecule has 4 N–H and O–H groups in total. The van der Waals surface area contributed by atoms with Crippen LogP contribution in [0.2, 0.25) is 0 Å². The summed E-state index contributed by atoms with van der Waals surface area (Å²) >= 11 is 0. The van der Waals surface area contributed by atoms with Crippen LogP contribution in [0, 0.1) is 25.7 Å². The van der Waals surface area contributed by atoms with Gasteiger partial charge in [-0.15, -0.1) is 0 Å². The zero-order valence-electron chi connectivity index (χ0n) is 26.9. The quantitative estimate of drug-likeness (QED) is 0.179. The van der Waals surface area contributed by atoms with E-state index in [1.807, 2.05) is 93.2 Å². The SMILES string of the molecule is CC(C)(C)O.CC(C)(C)O.C[CH-]C.C[CH-]C.C[CH-]C.C[CH-]C.Oc1ccccc1.Oc1ccccc1.[Ti+2].[Ti+2]. The standard InChI is InChI=1S/2C6H6O.2C4H10O.4C3H7.2Ti/c2*7-6-4-2-1-3-5-6;2*1-4(2,3)5;4*1-3-2;;/h2*1-5,7H;2*5H,1-3H3;4*3H,1-2H3;;/q;;;;4*-1;2*+2. The van der Waals surface area contributed by atoms with Gasteiger partial charge in [-0.2, -0.15) is 55.4 Å². The molecule has 0 aliphatic heterocycles. The maximum atomic E-state index is 8.63. The summed E-state index contributed by atoms with van der Waals surface area (Å²) in [4.78, 5) is 0. The van der Waals surface area contributed by atoms with Crippen LogP contribution in [0.25, 0.3) is 0 Å². The second-order valence-electron chi connectivity index (χ2n) is 9.32. The molecule has 0 heterocycles. The fraction of sp³-hybridized carbons (Fsp3) is 0.500. The van der Waals surface area contributed by atoms with E-state index in [2.05, 4.69) is 0 Å². The van der Waals surface area contributed by atoms with Crippen LogP contribution >= 0.6 is 0 Å². The van der Waals surface area contributed by atoms with Crippen molar-refractivity contribution in [1.82, 2.24) is 0 Å². The van der Waals surface area contributed by atoms with Crippen molar-refractivity contribution in [2.24, 2.45) is 0 Å². The van der Waals surface area contributed by atoms with E-state index >= 15 is 0 Å². The van der Waals surface area contributed by atoms with Crippen LogP contribution < -0.4 is 0 Å². The van der Waals surface area contributed by atoms with Crippen molar-refractivity contribution in [3.8, 4) is 11.5 Å². The second kappa shape index (κ2) is 46.3. The molecule has 6 heteroatoms. The van der Waals surface area contributed by atoms with Crippen molar-refractivity contribution in [3.63, 3.8) is 0 Å². The largest absolute Gasteiger partial charge is 2.00 e. The van der Waals surface area contributed by atoms with Crippen molar-refractivity contribution in [3.05, 3.63) is 86.3 Å². The molecule has 2 aromatic rings. The van der Waals surface area contributed by atoms with Gasteiger partial charge in [0.2, 0.25) is 0 Å². The van der Waals surface area contributed by atoms with E-state index in [0.717, 1.165) is 0 Å². The molecule has 220 valence electrons. The molecular weight excluding hydrogens is 544 g/mol. The van der Waals surface area contributed by atoms with Gasteiger partial charge >= 0.3 is 43.4 Å². The number of phenolic OH excluding ortho intramolecular Hbond substituents is 2. The maximum Gasteiger partial charge on any atom is 2.00 e. The van der Waals surface area contributed by atoms with Crippen LogP contribution in [-0.4, -0.2) is 31.6 Å². The van der Waals surface area contributed by atoms with E-state index < -0.39 is 11.2 Å². The first-order chi connectivity index (χ1) is 16.4. The van der Waals surface area contributed by atoms with Gasteiger partial charge in [0, 0.05) is 0 Å². The molecule has 0 aromatic heterocycles. The third-order valence-corrected chi connectivity index (χ3v) is 1.51. The normalized spacial score (nSPS) is 8.21. The van der Waals surface area contributed by atoms with Crippen molar-refractivity contribution in [1.29, 1.82) is 0 Å². The maximum absolute atomic E-state index is 8.63. The summed E-state index contributed by atoms with van der Waals surface area (Å²) in [6.45, 7) is 26.5. The molecule has 0 amide bonds. The molecule has 0 saturated heterocycles. The molecule has 0 bridgehead atoms. The Morgan fingerprint density at radius 2 is 0.526 bits per heavy atom. The Labute approximate surface area is 268 Å². The van der Waals surface area contributed by atoms with Gasteiger partial charge < -0.3 is 46.1 Å². The summed E-state index contributed by atoms with van der Waals surface area (Å²) in [7, 11) is 0. The van der Waals surface area contributed by atoms with Crippen molar-refractivity contribution in [2.75, 3.05) is 0 Å². The average molecular weight is 605 g/mol. The molecule has 0 unspecified atom stereocenters. The predicted octanol–water partition coefficient (Wildman–Crippen LogP) is 9.26. The minimum atomic E-state index is -0.500. The number of aliphatic hydroxyl groups is 2. The number of benzene rings is 2. The zero-order valence-corrected chi connectivity index (χ0v) is 30.0. The predicted molar refractivity (Wildman–Crippen MR) is 163 cm³/mol. The van der Waals surface area contributed by atoms with Gasteiger partial charge in [0.15, 0.2) is 0 Å². The second-order valence-corrected chi connectivity index (χ2v) is 9.32. The number of hydrogen-bond donors (Lipinski definition) is 4. The summed E-state index contributed by atoms with van der Waals surface area (Å²) in [6.07, 6.45) is 8.00. The van der Waals surface area contributed by atoms with Crippen molar-refractivity contribution >= 4 is 0 Å². The first-order valence-corrected chi connectivity index (χ1v) is 12.3. The Kier molecular flexibility index (Phi) is 69.8. The van der Waals surface area contributed by atoms with Crippen molar-refractivity contribution < 1.29 is 63.9 Å². The zero-order chi connectivity index (χ0) is 30.1. The molecule has 38 heavy (non-hydrogen) atoms. The third-order valence-electron chi connectivity index (χ3n) is 1.51. The van der Waals surface area contributed by atoms with Crippen LogP contribution in [0.1, 0.15) is 96.9 Å². The Balaban J connectivity index is -0.0000000461. The Bertz CT molecular complexity index is 498. The summed E-state index contributed by atoms with van der Waals surface area (Å²) in [5, 5.41) is 34.3. The van der Waals surface area contributed by atoms with Gasteiger partial charge in [-0.3, -0.25) is 0 Å². The minimum absolute atomic E-state index is 0. The molecule has 0 radical (unpaired) electrons. The molecule has 0 spiro atoms. The van der Waals surface area contributed by atoms with E-state index in [-0.39, 0.29) is 43.4 Å². The van der Waals surface area contributed by atoms with Crippen LogP contribution in [0.5, 0.6) is 11.5 Å². The molecule has 2 rings (SSSR count). The monoisotopic (exact) mass is 604 g/mol. The van der Waals surface area contributed by atoms with E-state index in [0.29, 0.717) is 11.5 Å². The molecule has 0 fully saturated rings. The fourth-order valence-corrected chi connectivity index (χ4v) is 0.856. The van der Waals surface area contributed by atoms with Crippen LogP contribution in [0.15, 0.2) is 60.7 Å². The molecule has 2 aromatic carbocycles.